The molecule has 15 heavy (non-hydrogen) atoms. The fourth-order valence-corrected chi connectivity index (χ4v) is 1.96. The molecule has 1 heterocycles. The number of ether oxygens (including phenoxy) is 1. The van der Waals surface area contributed by atoms with Crippen LogP contribution in [0.25, 0.3) is 0 Å². The van der Waals surface area contributed by atoms with Crippen molar-refractivity contribution in [3.63, 3.8) is 0 Å². The molecule has 0 aromatic heterocycles. The number of benzene rings is 1. The molecule has 0 bridgehead atoms. The van der Waals surface area contributed by atoms with E-state index in [1.165, 1.54) is 12.1 Å². The normalized spacial score (nSPS) is 25.5. The van der Waals surface area contributed by atoms with Gasteiger partial charge in [0.15, 0.2) is 0 Å². The van der Waals surface area contributed by atoms with Gasteiger partial charge in [0, 0.05) is 12.3 Å². The van der Waals surface area contributed by atoms with Gasteiger partial charge in [0.05, 0.1) is 12.1 Å². The largest absolute Gasteiger partial charge is 0.380 e. The maximum Gasteiger partial charge on any atom is 0.125 e. The van der Waals surface area contributed by atoms with E-state index in [2.05, 4.69) is 5.32 Å². The van der Waals surface area contributed by atoms with Crippen LogP contribution < -0.4 is 5.32 Å². The van der Waals surface area contributed by atoms with E-state index in [4.69, 9.17) is 4.74 Å². The summed E-state index contributed by atoms with van der Waals surface area (Å²) in [5, 5.41) is 3.31. The molecule has 1 aliphatic heterocycles. The summed E-state index contributed by atoms with van der Waals surface area (Å²) in [5.74, 6) is -0.191. The maximum atomic E-state index is 13.1. The van der Waals surface area contributed by atoms with Gasteiger partial charge in [0.2, 0.25) is 0 Å². The minimum Gasteiger partial charge on any atom is -0.380 e. The van der Waals surface area contributed by atoms with Crippen molar-refractivity contribution in [3.05, 3.63) is 29.6 Å². The summed E-state index contributed by atoms with van der Waals surface area (Å²) in [7, 11) is 0. The number of nitrogens with one attached hydrogen (secondary N) is 1. The number of hydrogen-bond acceptors (Lipinski definition) is 2. The third-order valence-electron chi connectivity index (χ3n) is 2.77. The summed E-state index contributed by atoms with van der Waals surface area (Å²) in [6.07, 6.45) is 1.19. The standard InChI is InChI=1S/C12H16FNO/c1-8-5-10(13)7-11(6-8)14-12-3-4-15-9(12)2/h5-7,9,12,14H,3-4H2,1-2H3/t9-,12-/m0/s1. The number of hydrogen-bond donors (Lipinski definition) is 1. The molecule has 0 spiro atoms. The Bertz CT molecular complexity index is 333. The Labute approximate surface area is 89.4 Å². The second-order valence-electron chi connectivity index (χ2n) is 4.13. The predicted molar refractivity (Wildman–Crippen MR) is 58.6 cm³/mol. The molecule has 0 saturated carbocycles. The predicted octanol–water partition coefficient (Wildman–Crippen LogP) is 2.72. The summed E-state index contributed by atoms with van der Waals surface area (Å²) in [5.41, 5.74) is 1.78. The van der Waals surface area contributed by atoms with Gasteiger partial charge < -0.3 is 10.1 Å². The lowest BCUT2D eigenvalue weighted by Gasteiger charge is -2.17. The second-order valence-corrected chi connectivity index (χ2v) is 4.13. The lowest BCUT2D eigenvalue weighted by Crippen LogP contribution is -2.26. The smallest absolute Gasteiger partial charge is 0.125 e. The quantitative estimate of drug-likeness (QED) is 0.808. The van der Waals surface area contributed by atoms with Crippen LogP contribution in [-0.2, 0) is 4.74 Å². The van der Waals surface area contributed by atoms with Crippen molar-refractivity contribution >= 4 is 5.69 Å². The van der Waals surface area contributed by atoms with Crippen LogP contribution in [-0.4, -0.2) is 18.8 Å². The molecule has 2 nitrogen and oxygen atoms in total. The van der Waals surface area contributed by atoms with E-state index >= 15 is 0 Å². The van der Waals surface area contributed by atoms with Crippen molar-refractivity contribution in [2.75, 3.05) is 11.9 Å². The molecule has 1 saturated heterocycles. The SMILES string of the molecule is Cc1cc(F)cc(N[C@H]2CCO[C@H]2C)c1. The van der Waals surface area contributed by atoms with Gasteiger partial charge in [0.1, 0.15) is 5.82 Å². The first-order chi connectivity index (χ1) is 7.15. The summed E-state index contributed by atoms with van der Waals surface area (Å²) >= 11 is 0. The van der Waals surface area contributed by atoms with Crippen LogP contribution in [0.4, 0.5) is 10.1 Å². The Morgan fingerprint density at radius 2 is 2.20 bits per heavy atom. The van der Waals surface area contributed by atoms with Crippen LogP contribution in [0.5, 0.6) is 0 Å². The van der Waals surface area contributed by atoms with E-state index in [1.54, 1.807) is 0 Å². The fraction of sp³-hybridized carbons (Fsp3) is 0.500. The van der Waals surface area contributed by atoms with E-state index in [0.29, 0.717) is 6.04 Å². The van der Waals surface area contributed by atoms with E-state index in [9.17, 15) is 4.39 Å². The molecule has 0 aliphatic carbocycles. The lowest BCUT2D eigenvalue weighted by molar-refractivity contribution is 0.121. The van der Waals surface area contributed by atoms with Crippen molar-refractivity contribution < 1.29 is 9.13 Å². The number of aryl methyl sites for hydroxylation is 1. The molecular weight excluding hydrogens is 193 g/mol. The summed E-state index contributed by atoms with van der Waals surface area (Å²) in [6.45, 7) is 4.72. The van der Waals surface area contributed by atoms with E-state index in [-0.39, 0.29) is 11.9 Å². The van der Waals surface area contributed by atoms with E-state index in [1.807, 2.05) is 19.9 Å². The van der Waals surface area contributed by atoms with Crippen LogP contribution in [0.3, 0.4) is 0 Å². The Morgan fingerprint density at radius 3 is 2.80 bits per heavy atom. The highest BCUT2D eigenvalue weighted by Crippen LogP contribution is 2.20. The lowest BCUT2D eigenvalue weighted by atomic mass is 10.1. The van der Waals surface area contributed by atoms with Gasteiger partial charge in [-0.25, -0.2) is 4.39 Å². The third kappa shape index (κ3) is 2.48. The van der Waals surface area contributed by atoms with Crippen molar-refractivity contribution in [2.45, 2.75) is 32.4 Å². The molecule has 2 rings (SSSR count). The molecule has 82 valence electrons. The van der Waals surface area contributed by atoms with Crippen LogP contribution in [0.1, 0.15) is 18.9 Å². The van der Waals surface area contributed by atoms with Gasteiger partial charge in [-0.3, -0.25) is 0 Å². The Hall–Kier alpha value is -1.09. The van der Waals surface area contributed by atoms with E-state index in [0.717, 1.165) is 24.3 Å². The van der Waals surface area contributed by atoms with Gasteiger partial charge >= 0.3 is 0 Å². The van der Waals surface area contributed by atoms with Crippen molar-refractivity contribution in [1.82, 2.24) is 0 Å². The zero-order chi connectivity index (χ0) is 10.8. The molecule has 3 heteroatoms. The molecule has 1 N–H and O–H groups in total. The van der Waals surface area contributed by atoms with Crippen molar-refractivity contribution in [2.24, 2.45) is 0 Å². The summed E-state index contributed by atoms with van der Waals surface area (Å²) in [6, 6.07) is 5.30. The Balaban J connectivity index is 2.10. The Morgan fingerprint density at radius 1 is 1.40 bits per heavy atom. The summed E-state index contributed by atoms with van der Waals surface area (Å²) < 4.78 is 18.6. The second kappa shape index (κ2) is 4.19. The monoisotopic (exact) mass is 209 g/mol. The Kier molecular flexibility index (Phi) is 2.91. The van der Waals surface area contributed by atoms with Crippen molar-refractivity contribution in [1.29, 1.82) is 0 Å². The highest BCUT2D eigenvalue weighted by Gasteiger charge is 2.23. The van der Waals surface area contributed by atoms with Crippen LogP contribution in [0.2, 0.25) is 0 Å². The number of halogens is 1. The minimum atomic E-state index is -0.191. The number of rotatable bonds is 2. The molecule has 1 aromatic rings. The zero-order valence-electron chi connectivity index (χ0n) is 9.09. The van der Waals surface area contributed by atoms with Crippen molar-refractivity contribution in [3.8, 4) is 0 Å². The molecule has 1 fully saturated rings. The minimum absolute atomic E-state index is 0.191. The molecule has 0 radical (unpaired) electrons. The molecular formula is C12H16FNO. The first-order valence-electron chi connectivity index (χ1n) is 5.30. The molecule has 1 aliphatic rings. The maximum absolute atomic E-state index is 13.1. The van der Waals surface area contributed by atoms with Gasteiger partial charge in [0.25, 0.3) is 0 Å². The first kappa shape index (κ1) is 10.4. The third-order valence-corrected chi connectivity index (χ3v) is 2.77. The average molecular weight is 209 g/mol. The van der Waals surface area contributed by atoms with E-state index < -0.39 is 0 Å². The van der Waals surface area contributed by atoms with Gasteiger partial charge in [-0.05, 0) is 44.0 Å². The zero-order valence-corrected chi connectivity index (χ0v) is 9.09. The highest BCUT2D eigenvalue weighted by atomic mass is 19.1. The van der Waals surface area contributed by atoms with Crippen LogP contribution in [0, 0.1) is 12.7 Å². The average Bonchev–Trinajstić information content (AvgIpc) is 2.50. The number of anilines is 1. The first-order valence-corrected chi connectivity index (χ1v) is 5.30. The van der Waals surface area contributed by atoms with Gasteiger partial charge in [-0.2, -0.15) is 0 Å². The van der Waals surface area contributed by atoms with Gasteiger partial charge in [-0.1, -0.05) is 0 Å². The van der Waals surface area contributed by atoms with Gasteiger partial charge in [-0.15, -0.1) is 0 Å². The van der Waals surface area contributed by atoms with Crippen LogP contribution in [0.15, 0.2) is 18.2 Å². The fourth-order valence-electron chi connectivity index (χ4n) is 1.96. The van der Waals surface area contributed by atoms with Crippen LogP contribution >= 0.6 is 0 Å². The molecule has 1 aromatic carbocycles. The molecule has 0 amide bonds. The highest BCUT2D eigenvalue weighted by molar-refractivity contribution is 5.47. The topological polar surface area (TPSA) is 21.3 Å². The molecule has 2 atom stereocenters. The molecule has 0 unspecified atom stereocenters. The summed E-state index contributed by atoms with van der Waals surface area (Å²) in [4.78, 5) is 0.